The van der Waals surface area contributed by atoms with Gasteiger partial charge in [0.25, 0.3) is 5.91 Å². The molecule has 0 bridgehead atoms. The zero-order chi connectivity index (χ0) is 17.5. The number of aryl methyl sites for hydroxylation is 2. The van der Waals surface area contributed by atoms with Crippen LogP contribution >= 0.6 is 11.3 Å². The van der Waals surface area contributed by atoms with E-state index >= 15 is 0 Å². The molecule has 9 heteroatoms. The second-order valence-electron chi connectivity index (χ2n) is 5.70. The van der Waals surface area contributed by atoms with Crippen molar-refractivity contribution in [1.29, 1.82) is 0 Å². The molecule has 5 nitrogen and oxygen atoms in total. The van der Waals surface area contributed by atoms with Crippen molar-refractivity contribution in [2.75, 3.05) is 5.32 Å². The first-order valence-corrected chi connectivity index (χ1v) is 8.15. The standard InChI is InChI=1S/C15H15F3N4OS/c1-7-10(4-8(6-20-7)15(16,17)18)13(23)22-14-21-11-3-2-9(19)5-12(11)24-14/h4,6,9H,2-3,5,19H2,1H3,(H,21,22,23)/t9-/m0/s1. The van der Waals surface area contributed by atoms with Crippen LogP contribution in [0.15, 0.2) is 12.3 Å². The van der Waals surface area contributed by atoms with Crippen molar-refractivity contribution in [2.45, 2.75) is 38.4 Å². The van der Waals surface area contributed by atoms with Crippen LogP contribution in [0, 0.1) is 6.92 Å². The Balaban J connectivity index is 1.83. The van der Waals surface area contributed by atoms with Crippen LogP contribution in [0.3, 0.4) is 0 Å². The van der Waals surface area contributed by atoms with Gasteiger partial charge in [-0.1, -0.05) is 0 Å². The number of nitrogens with zero attached hydrogens (tertiary/aromatic N) is 2. The Labute approximate surface area is 140 Å². The van der Waals surface area contributed by atoms with E-state index in [0.29, 0.717) is 11.6 Å². The lowest BCUT2D eigenvalue weighted by Crippen LogP contribution is -2.27. The van der Waals surface area contributed by atoms with E-state index in [1.54, 1.807) is 0 Å². The molecule has 0 unspecified atom stereocenters. The summed E-state index contributed by atoms with van der Waals surface area (Å²) >= 11 is 1.31. The predicted octanol–water partition coefficient (Wildman–Crippen LogP) is 2.93. The molecule has 128 valence electrons. The molecule has 0 spiro atoms. The van der Waals surface area contributed by atoms with E-state index in [1.807, 2.05) is 0 Å². The number of hydrogen-bond acceptors (Lipinski definition) is 5. The average molecular weight is 356 g/mol. The lowest BCUT2D eigenvalue weighted by molar-refractivity contribution is -0.137. The number of hydrogen-bond donors (Lipinski definition) is 2. The molecule has 2 heterocycles. The largest absolute Gasteiger partial charge is 0.417 e. The third kappa shape index (κ3) is 3.41. The van der Waals surface area contributed by atoms with Crippen LogP contribution in [0.4, 0.5) is 18.3 Å². The average Bonchev–Trinajstić information content (AvgIpc) is 2.87. The number of halogens is 3. The van der Waals surface area contributed by atoms with Gasteiger partial charge < -0.3 is 5.73 Å². The predicted molar refractivity (Wildman–Crippen MR) is 84.0 cm³/mol. The van der Waals surface area contributed by atoms with E-state index in [1.165, 1.54) is 18.3 Å². The Kier molecular flexibility index (Phi) is 4.31. The number of carbonyl (C=O) groups is 1. The zero-order valence-electron chi connectivity index (χ0n) is 12.8. The highest BCUT2D eigenvalue weighted by Crippen LogP contribution is 2.31. The lowest BCUT2D eigenvalue weighted by atomic mass is 9.99. The molecule has 0 aliphatic heterocycles. The molecule has 3 rings (SSSR count). The smallest absolute Gasteiger partial charge is 0.327 e. The monoisotopic (exact) mass is 356 g/mol. The fraction of sp³-hybridized carbons (Fsp3) is 0.400. The van der Waals surface area contributed by atoms with Crippen molar-refractivity contribution in [3.8, 4) is 0 Å². The number of nitrogens with two attached hydrogens (primary N) is 1. The summed E-state index contributed by atoms with van der Waals surface area (Å²) in [6.45, 7) is 1.49. The maximum atomic E-state index is 12.8. The number of rotatable bonds is 2. The van der Waals surface area contributed by atoms with Crippen molar-refractivity contribution in [1.82, 2.24) is 9.97 Å². The fourth-order valence-corrected chi connectivity index (χ4v) is 3.63. The minimum Gasteiger partial charge on any atom is -0.327 e. The lowest BCUT2D eigenvalue weighted by Gasteiger charge is -2.15. The first-order chi connectivity index (χ1) is 11.2. The number of fused-ring (bicyclic) bond motifs is 1. The summed E-state index contributed by atoms with van der Waals surface area (Å²) in [7, 11) is 0. The summed E-state index contributed by atoms with van der Waals surface area (Å²) in [6.07, 6.45) is -1.55. The van der Waals surface area contributed by atoms with Crippen molar-refractivity contribution >= 4 is 22.4 Å². The van der Waals surface area contributed by atoms with Gasteiger partial charge >= 0.3 is 6.18 Å². The highest BCUT2D eigenvalue weighted by atomic mass is 32.1. The summed E-state index contributed by atoms with van der Waals surface area (Å²) in [5.41, 5.74) is 5.96. The number of carbonyl (C=O) groups excluding carboxylic acids is 1. The molecule has 1 aliphatic rings. The SMILES string of the molecule is Cc1ncc(C(F)(F)F)cc1C(=O)Nc1nc2c(s1)C[C@@H](N)CC2. The minimum atomic E-state index is -4.55. The van der Waals surface area contributed by atoms with Gasteiger partial charge in [-0.25, -0.2) is 4.98 Å². The summed E-state index contributed by atoms with van der Waals surface area (Å²) in [6, 6.07) is 0.887. The van der Waals surface area contributed by atoms with Crippen LogP contribution < -0.4 is 11.1 Å². The number of pyridine rings is 1. The molecule has 0 fully saturated rings. The topological polar surface area (TPSA) is 80.9 Å². The van der Waals surface area contributed by atoms with E-state index in [9.17, 15) is 18.0 Å². The third-order valence-electron chi connectivity index (χ3n) is 3.86. The molecule has 2 aromatic heterocycles. The van der Waals surface area contributed by atoms with Gasteiger partial charge in [0.15, 0.2) is 5.13 Å². The quantitative estimate of drug-likeness (QED) is 0.867. The zero-order valence-corrected chi connectivity index (χ0v) is 13.6. The molecule has 0 radical (unpaired) electrons. The summed E-state index contributed by atoms with van der Waals surface area (Å²) in [4.78, 5) is 21.3. The Morgan fingerprint density at radius 1 is 1.46 bits per heavy atom. The van der Waals surface area contributed by atoms with E-state index in [-0.39, 0.29) is 17.3 Å². The van der Waals surface area contributed by atoms with Crippen LogP contribution in [0.2, 0.25) is 0 Å². The maximum Gasteiger partial charge on any atom is 0.417 e. The van der Waals surface area contributed by atoms with E-state index in [2.05, 4.69) is 15.3 Å². The first-order valence-electron chi connectivity index (χ1n) is 7.33. The van der Waals surface area contributed by atoms with Crippen molar-refractivity contribution in [3.05, 3.63) is 39.7 Å². The molecule has 0 saturated carbocycles. The molecule has 3 N–H and O–H groups in total. The molecule has 24 heavy (non-hydrogen) atoms. The van der Waals surface area contributed by atoms with E-state index < -0.39 is 17.6 Å². The second kappa shape index (κ2) is 6.14. The number of alkyl halides is 3. The van der Waals surface area contributed by atoms with Crippen LogP contribution in [-0.2, 0) is 19.0 Å². The normalized spacial score (nSPS) is 17.5. The Morgan fingerprint density at radius 2 is 2.21 bits per heavy atom. The molecule has 0 aromatic carbocycles. The number of nitrogens with one attached hydrogen (secondary N) is 1. The Bertz CT molecular complexity index is 788. The first kappa shape index (κ1) is 16.8. The van der Waals surface area contributed by atoms with Crippen LogP contribution in [-0.4, -0.2) is 21.9 Å². The molecule has 1 aliphatic carbocycles. The highest BCUT2D eigenvalue weighted by molar-refractivity contribution is 7.15. The van der Waals surface area contributed by atoms with Gasteiger partial charge in [-0.05, 0) is 32.3 Å². The molecule has 2 aromatic rings. The van der Waals surface area contributed by atoms with Gasteiger partial charge in [-0.3, -0.25) is 15.1 Å². The molecular weight excluding hydrogens is 341 g/mol. The van der Waals surface area contributed by atoms with Gasteiger partial charge in [-0.15, -0.1) is 11.3 Å². The van der Waals surface area contributed by atoms with E-state index in [0.717, 1.165) is 35.7 Å². The summed E-state index contributed by atoms with van der Waals surface area (Å²) in [5.74, 6) is -0.651. The molecule has 1 atom stereocenters. The number of thiazole rings is 1. The van der Waals surface area contributed by atoms with Crippen molar-refractivity contribution in [3.63, 3.8) is 0 Å². The second-order valence-corrected chi connectivity index (χ2v) is 6.78. The van der Waals surface area contributed by atoms with Crippen LogP contribution in [0.1, 0.15) is 38.6 Å². The van der Waals surface area contributed by atoms with Crippen LogP contribution in [0.25, 0.3) is 0 Å². The summed E-state index contributed by atoms with van der Waals surface area (Å²) < 4.78 is 38.4. The van der Waals surface area contributed by atoms with Gasteiger partial charge in [0, 0.05) is 17.1 Å². The fourth-order valence-electron chi connectivity index (χ4n) is 2.54. The minimum absolute atomic E-state index is 0.0800. The van der Waals surface area contributed by atoms with Gasteiger partial charge in [0.1, 0.15) is 0 Å². The summed E-state index contributed by atoms with van der Waals surface area (Å²) in [5, 5.41) is 2.94. The Morgan fingerprint density at radius 3 is 2.92 bits per heavy atom. The number of anilines is 1. The van der Waals surface area contributed by atoms with Crippen molar-refractivity contribution < 1.29 is 18.0 Å². The number of aromatic nitrogens is 2. The highest BCUT2D eigenvalue weighted by Gasteiger charge is 2.32. The Hall–Kier alpha value is -2.00. The van der Waals surface area contributed by atoms with Gasteiger partial charge in [0.2, 0.25) is 0 Å². The number of amides is 1. The molecule has 1 amide bonds. The van der Waals surface area contributed by atoms with E-state index in [4.69, 9.17) is 5.73 Å². The maximum absolute atomic E-state index is 12.8. The third-order valence-corrected chi connectivity index (χ3v) is 4.89. The van der Waals surface area contributed by atoms with Crippen LogP contribution in [0.5, 0.6) is 0 Å². The molecular formula is C15H15F3N4OS. The molecule has 0 saturated heterocycles. The van der Waals surface area contributed by atoms with Gasteiger partial charge in [0.05, 0.1) is 22.5 Å². The van der Waals surface area contributed by atoms with Gasteiger partial charge in [-0.2, -0.15) is 13.2 Å². The van der Waals surface area contributed by atoms with Crippen molar-refractivity contribution in [2.24, 2.45) is 5.73 Å².